The van der Waals surface area contributed by atoms with E-state index in [1.54, 1.807) is 48.8 Å². The van der Waals surface area contributed by atoms with Gasteiger partial charge in [-0.3, -0.25) is 14.1 Å². The second-order valence-electron chi connectivity index (χ2n) is 6.31. The molecule has 4 rings (SSSR count). The van der Waals surface area contributed by atoms with Gasteiger partial charge < -0.3 is 5.11 Å². The van der Waals surface area contributed by atoms with Gasteiger partial charge in [-0.1, -0.05) is 24.3 Å². The van der Waals surface area contributed by atoms with Gasteiger partial charge in [-0.2, -0.15) is 0 Å². The molecule has 2 aromatic carbocycles. The number of hydrogen-bond donors (Lipinski definition) is 1. The molecule has 0 saturated carbocycles. The summed E-state index contributed by atoms with van der Waals surface area (Å²) >= 11 is 0. The van der Waals surface area contributed by atoms with Gasteiger partial charge in [0.2, 0.25) is 5.78 Å². The zero-order valence-corrected chi connectivity index (χ0v) is 15.5. The van der Waals surface area contributed by atoms with Crippen LogP contribution in [0.2, 0.25) is 0 Å². The minimum absolute atomic E-state index is 0.00286. The number of carbonyl (C=O) groups excluding carboxylic acids is 1. The molecule has 0 saturated heterocycles. The second-order valence-corrected chi connectivity index (χ2v) is 8.14. The number of phenolic OH excluding ortho intramolecular Hbond substituents is 1. The van der Waals surface area contributed by atoms with E-state index < -0.39 is 10.0 Å². The molecule has 1 N–H and O–H groups in total. The Kier molecular flexibility index (Phi) is 4.44. The van der Waals surface area contributed by atoms with Gasteiger partial charge in [-0.05, 0) is 53.6 Å². The first-order chi connectivity index (χ1) is 13.5. The summed E-state index contributed by atoms with van der Waals surface area (Å²) in [6, 6.07) is 15.8. The molecule has 1 aliphatic rings. The van der Waals surface area contributed by atoms with Crippen molar-refractivity contribution in [1.29, 1.82) is 0 Å². The summed E-state index contributed by atoms with van der Waals surface area (Å²) in [6.07, 6.45) is 4.67. The predicted octanol–water partition coefficient (Wildman–Crippen LogP) is 3.22. The van der Waals surface area contributed by atoms with Gasteiger partial charge in [0.25, 0.3) is 10.0 Å². The van der Waals surface area contributed by atoms with Crippen LogP contribution in [0.4, 0.5) is 0 Å². The van der Waals surface area contributed by atoms with Crippen LogP contribution in [0.5, 0.6) is 5.75 Å². The van der Waals surface area contributed by atoms with Crippen molar-refractivity contribution in [2.75, 3.05) is 0 Å². The number of sulfonamides is 1. The Morgan fingerprint density at radius 1 is 0.964 bits per heavy atom. The summed E-state index contributed by atoms with van der Waals surface area (Å²) < 4.78 is 27.7. The molecule has 0 amide bonds. The van der Waals surface area contributed by atoms with Crippen LogP contribution in [0.3, 0.4) is 0 Å². The van der Waals surface area contributed by atoms with Crippen LogP contribution in [0.15, 0.2) is 83.6 Å². The maximum absolute atomic E-state index is 13.3. The van der Waals surface area contributed by atoms with Crippen LogP contribution in [-0.2, 0) is 16.6 Å². The van der Waals surface area contributed by atoms with Crippen molar-refractivity contribution < 1.29 is 18.3 Å². The van der Waals surface area contributed by atoms with E-state index in [0.29, 0.717) is 11.1 Å². The molecule has 6 nitrogen and oxygen atoms in total. The Bertz CT molecular complexity index is 1170. The van der Waals surface area contributed by atoms with Crippen molar-refractivity contribution in [3.63, 3.8) is 0 Å². The SMILES string of the molecule is O=C1C(=Cc2ccc(O)cc2)N(Cc2ccncc2)S(=O)(=O)c2ccccc21. The lowest BCUT2D eigenvalue weighted by Crippen LogP contribution is -2.38. The third-order valence-corrected chi connectivity index (χ3v) is 6.29. The Balaban J connectivity index is 1.89. The number of rotatable bonds is 3. The molecule has 0 bridgehead atoms. The third-order valence-electron chi connectivity index (χ3n) is 4.47. The zero-order valence-electron chi connectivity index (χ0n) is 14.7. The van der Waals surface area contributed by atoms with E-state index in [4.69, 9.17) is 0 Å². The van der Waals surface area contributed by atoms with Crippen molar-refractivity contribution in [2.24, 2.45) is 0 Å². The molecule has 28 heavy (non-hydrogen) atoms. The highest BCUT2D eigenvalue weighted by Crippen LogP contribution is 2.34. The minimum Gasteiger partial charge on any atom is -0.508 e. The number of allylic oxidation sites excluding steroid dienone is 1. The molecule has 3 aromatic rings. The lowest BCUT2D eigenvalue weighted by Gasteiger charge is -2.31. The molecule has 140 valence electrons. The molecular formula is C21H16N2O4S. The first-order valence-electron chi connectivity index (χ1n) is 8.53. The molecule has 1 aliphatic heterocycles. The van der Waals surface area contributed by atoms with E-state index in [9.17, 15) is 18.3 Å². The van der Waals surface area contributed by atoms with Crippen LogP contribution in [0.25, 0.3) is 6.08 Å². The summed E-state index contributed by atoms with van der Waals surface area (Å²) in [6.45, 7) is 0.00877. The molecule has 0 aliphatic carbocycles. The van der Waals surface area contributed by atoms with Gasteiger partial charge in [-0.25, -0.2) is 8.42 Å². The van der Waals surface area contributed by atoms with Crippen LogP contribution < -0.4 is 0 Å². The van der Waals surface area contributed by atoms with Gasteiger partial charge in [0.1, 0.15) is 11.4 Å². The number of Topliss-reactive ketones (excluding diaryl/α,β-unsaturated/α-hetero) is 1. The second kappa shape index (κ2) is 6.94. The third kappa shape index (κ3) is 3.16. The van der Waals surface area contributed by atoms with Crippen LogP contribution in [0, 0.1) is 0 Å². The van der Waals surface area contributed by atoms with E-state index in [-0.39, 0.29) is 34.2 Å². The fourth-order valence-electron chi connectivity index (χ4n) is 3.07. The average molecular weight is 392 g/mol. The molecule has 0 fully saturated rings. The fourth-order valence-corrected chi connectivity index (χ4v) is 4.71. The largest absolute Gasteiger partial charge is 0.508 e. The molecule has 0 radical (unpaired) electrons. The Morgan fingerprint density at radius 3 is 2.36 bits per heavy atom. The van der Waals surface area contributed by atoms with Gasteiger partial charge >= 0.3 is 0 Å². The Labute approximate surface area is 162 Å². The summed E-state index contributed by atoms with van der Waals surface area (Å²) in [4.78, 5) is 17.1. The Hall–Kier alpha value is -3.45. The Morgan fingerprint density at radius 2 is 1.64 bits per heavy atom. The number of aromatic hydroxyl groups is 1. The number of carbonyl (C=O) groups is 1. The lowest BCUT2D eigenvalue weighted by molar-refractivity contribution is 0.100. The summed E-state index contributed by atoms with van der Waals surface area (Å²) in [5.41, 5.74) is 1.53. The minimum atomic E-state index is -3.92. The van der Waals surface area contributed by atoms with Gasteiger partial charge in [0, 0.05) is 18.0 Å². The molecule has 0 atom stereocenters. The number of phenols is 1. The summed E-state index contributed by atoms with van der Waals surface area (Å²) in [7, 11) is -3.92. The maximum atomic E-state index is 13.3. The topological polar surface area (TPSA) is 87.6 Å². The monoisotopic (exact) mass is 392 g/mol. The highest BCUT2D eigenvalue weighted by molar-refractivity contribution is 7.89. The molecule has 2 heterocycles. The number of pyridine rings is 1. The average Bonchev–Trinajstić information content (AvgIpc) is 2.71. The van der Waals surface area contributed by atoms with Crippen molar-refractivity contribution in [1.82, 2.24) is 9.29 Å². The lowest BCUT2D eigenvalue weighted by atomic mass is 10.0. The summed E-state index contributed by atoms with van der Waals surface area (Å²) in [5.74, 6) is -0.281. The molecular weight excluding hydrogens is 376 g/mol. The highest BCUT2D eigenvalue weighted by atomic mass is 32.2. The van der Waals surface area contributed by atoms with E-state index in [2.05, 4.69) is 4.98 Å². The number of fused-ring (bicyclic) bond motifs is 1. The molecule has 0 spiro atoms. The molecule has 1 aromatic heterocycles. The van der Waals surface area contributed by atoms with Gasteiger partial charge in [-0.15, -0.1) is 0 Å². The summed E-state index contributed by atoms with van der Waals surface area (Å²) in [5, 5.41) is 9.47. The van der Waals surface area contributed by atoms with Crippen molar-refractivity contribution in [3.8, 4) is 5.75 Å². The zero-order chi connectivity index (χ0) is 19.7. The van der Waals surface area contributed by atoms with Crippen LogP contribution in [-0.4, -0.2) is 28.6 Å². The number of aromatic nitrogens is 1. The van der Waals surface area contributed by atoms with E-state index in [1.807, 2.05) is 0 Å². The standard InChI is InChI=1S/C21H16N2O4S/c24-17-7-5-15(6-8-17)13-19-21(25)18-3-1-2-4-20(18)28(26,27)23(19)14-16-9-11-22-12-10-16/h1-13,24H,14H2. The van der Waals surface area contributed by atoms with Crippen LogP contribution in [0.1, 0.15) is 21.5 Å². The van der Waals surface area contributed by atoms with Crippen LogP contribution >= 0.6 is 0 Å². The van der Waals surface area contributed by atoms with E-state index in [1.165, 1.54) is 30.3 Å². The number of nitrogens with zero attached hydrogens (tertiary/aromatic N) is 2. The number of ketones is 1. The van der Waals surface area contributed by atoms with Gasteiger partial charge in [0.05, 0.1) is 11.4 Å². The highest BCUT2D eigenvalue weighted by Gasteiger charge is 2.39. The normalized spacial score (nSPS) is 16.8. The maximum Gasteiger partial charge on any atom is 0.265 e. The first-order valence-corrected chi connectivity index (χ1v) is 9.97. The quantitative estimate of drug-likeness (QED) is 0.692. The fraction of sp³-hybridized carbons (Fsp3) is 0.0476. The van der Waals surface area contributed by atoms with Crippen molar-refractivity contribution in [2.45, 2.75) is 11.4 Å². The van der Waals surface area contributed by atoms with Crippen molar-refractivity contribution in [3.05, 3.63) is 95.4 Å². The van der Waals surface area contributed by atoms with E-state index in [0.717, 1.165) is 4.31 Å². The molecule has 7 heteroatoms. The predicted molar refractivity (Wildman–Crippen MR) is 104 cm³/mol. The smallest absolute Gasteiger partial charge is 0.265 e. The van der Waals surface area contributed by atoms with E-state index >= 15 is 0 Å². The number of hydrogen-bond acceptors (Lipinski definition) is 5. The molecule has 0 unspecified atom stereocenters. The van der Waals surface area contributed by atoms with Gasteiger partial charge in [0.15, 0.2) is 0 Å². The number of benzene rings is 2. The van der Waals surface area contributed by atoms with Crippen molar-refractivity contribution >= 4 is 21.9 Å². The first kappa shape index (κ1) is 17.9.